The van der Waals surface area contributed by atoms with E-state index in [4.69, 9.17) is 5.84 Å². The van der Waals surface area contributed by atoms with E-state index in [-0.39, 0.29) is 10.6 Å². The molecule has 5 N–H and O–H groups in total. The van der Waals surface area contributed by atoms with Crippen LogP contribution in [0.3, 0.4) is 0 Å². The third-order valence-electron chi connectivity index (χ3n) is 2.59. The van der Waals surface area contributed by atoms with Crippen molar-refractivity contribution < 1.29 is 8.42 Å². The Balaban J connectivity index is 2.44. The molecule has 19 heavy (non-hydrogen) atoms. The highest BCUT2D eigenvalue weighted by molar-refractivity contribution is 7.92. The minimum Gasteiger partial charge on any atom is -0.323 e. The van der Waals surface area contributed by atoms with Crippen LogP contribution in [0.2, 0.25) is 0 Å². The number of aromatic amines is 1. The molecule has 9 heteroatoms. The van der Waals surface area contributed by atoms with E-state index >= 15 is 0 Å². The van der Waals surface area contributed by atoms with E-state index in [2.05, 4.69) is 25.3 Å². The highest BCUT2D eigenvalue weighted by Gasteiger charge is 2.21. The second-order valence-corrected chi connectivity index (χ2v) is 5.58. The molecule has 0 atom stereocenters. The topological polar surface area (TPSA) is 126 Å². The van der Waals surface area contributed by atoms with Gasteiger partial charge < -0.3 is 5.43 Å². The third kappa shape index (κ3) is 2.51. The number of rotatable bonds is 4. The number of nitrogens with one attached hydrogen (secondary N) is 3. The largest absolute Gasteiger partial charge is 0.323 e. The number of anilines is 2. The van der Waals surface area contributed by atoms with Crippen molar-refractivity contribution in [1.29, 1.82) is 0 Å². The minimum atomic E-state index is -3.79. The Hall–Kier alpha value is -2.13. The molecule has 2 heterocycles. The van der Waals surface area contributed by atoms with Crippen LogP contribution in [0.1, 0.15) is 11.4 Å². The number of hydrogen-bond acceptors (Lipinski definition) is 6. The fourth-order valence-corrected chi connectivity index (χ4v) is 2.90. The minimum absolute atomic E-state index is 0.0301. The van der Waals surface area contributed by atoms with Gasteiger partial charge >= 0.3 is 0 Å². The van der Waals surface area contributed by atoms with Gasteiger partial charge in [-0.2, -0.15) is 5.10 Å². The summed E-state index contributed by atoms with van der Waals surface area (Å²) in [5.41, 5.74) is 4.21. The van der Waals surface area contributed by atoms with E-state index in [1.807, 2.05) is 0 Å². The lowest BCUT2D eigenvalue weighted by Crippen LogP contribution is -2.18. The number of hydrogen-bond donors (Lipinski definition) is 4. The molecule has 0 aliphatic rings. The Morgan fingerprint density at radius 3 is 2.68 bits per heavy atom. The summed E-state index contributed by atoms with van der Waals surface area (Å²) in [5, 5.41) is 6.64. The van der Waals surface area contributed by atoms with Gasteiger partial charge in [0, 0.05) is 12.4 Å². The van der Waals surface area contributed by atoms with Gasteiger partial charge in [-0.15, -0.1) is 0 Å². The fourth-order valence-electron chi connectivity index (χ4n) is 1.60. The first-order valence-electron chi connectivity index (χ1n) is 5.40. The van der Waals surface area contributed by atoms with Crippen molar-refractivity contribution in [2.45, 2.75) is 18.7 Å². The number of H-pyrrole nitrogens is 1. The number of sulfonamides is 1. The number of pyridine rings is 1. The molecule has 0 unspecified atom stereocenters. The number of aromatic nitrogens is 3. The Kier molecular flexibility index (Phi) is 3.40. The standard InChI is InChI=1S/C10H14N6O2S/c1-6-10(7(2)15-14-6)16-19(17,18)9-5-12-4-3-8(9)13-11/h3-5,16H,11H2,1-2H3,(H,12,13)(H,14,15). The van der Waals surface area contributed by atoms with E-state index in [1.54, 1.807) is 13.8 Å². The molecule has 0 fully saturated rings. The van der Waals surface area contributed by atoms with Crippen LogP contribution in [0, 0.1) is 13.8 Å². The summed E-state index contributed by atoms with van der Waals surface area (Å²) in [6, 6.07) is 1.48. The van der Waals surface area contributed by atoms with E-state index in [0.29, 0.717) is 17.1 Å². The Morgan fingerprint density at radius 2 is 2.11 bits per heavy atom. The highest BCUT2D eigenvalue weighted by atomic mass is 32.2. The number of hydrazine groups is 1. The van der Waals surface area contributed by atoms with Crippen molar-refractivity contribution >= 4 is 21.4 Å². The lowest BCUT2D eigenvalue weighted by Gasteiger charge is -2.11. The van der Waals surface area contributed by atoms with Crippen LogP contribution >= 0.6 is 0 Å². The van der Waals surface area contributed by atoms with Gasteiger partial charge in [0.15, 0.2) is 0 Å². The molecule has 0 aliphatic carbocycles. The monoisotopic (exact) mass is 282 g/mol. The second kappa shape index (κ2) is 4.86. The number of nitrogens with zero attached hydrogens (tertiary/aromatic N) is 2. The Bertz CT molecular complexity index is 674. The lowest BCUT2D eigenvalue weighted by molar-refractivity contribution is 0.601. The van der Waals surface area contributed by atoms with E-state index in [1.165, 1.54) is 18.5 Å². The molecule has 8 nitrogen and oxygen atoms in total. The molecule has 2 aromatic rings. The van der Waals surface area contributed by atoms with Crippen LogP contribution in [-0.4, -0.2) is 23.6 Å². The molecule has 0 saturated carbocycles. The molecule has 2 aromatic heterocycles. The SMILES string of the molecule is Cc1n[nH]c(C)c1NS(=O)(=O)c1cnccc1NN. The Labute approximate surface area is 110 Å². The molecule has 0 saturated heterocycles. The van der Waals surface area contributed by atoms with Gasteiger partial charge in [-0.1, -0.05) is 0 Å². The van der Waals surface area contributed by atoms with E-state index in [9.17, 15) is 8.42 Å². The molecule has 0 aliphatic heterocycles. The van der Waals surface area contributed by atoms with Gasteiger partial charge in [0.25, 0.3) is 10.0 Å². The molecule has 102 valence electrons. The summed E-state index contributed by atoms with van der Waals surface area (Å²) >= 11 is 0. The van der Waals surface area contributed by atoms with Crippen LogP contribution in [0.15, 0.2) is 23.4 Å². The van der Waals surface area contributed by atoms with Crippen LogP contribution < -0.4 is 16.0 Å². The molecule has 2 rings (SSSR count). The predicted octanol–water partition coefficient (Wildman–Crippen LogP) is 0.508. The molecule has 0 amide bonds. The molecule has 0 radical (unpaired) electrons. The molecular weight excluding hydrogens is 268 g/mol. The van der Waals surface area contributed by atoms with Gasteiger partial charge in [0.05, 0.1) is 22.8 Å². The maximum atomic E-state index is 12.3. The zero-order chi connectivity index (χ0) is 14.0. The predicted molar refractivity (Wildman–Crippen MR) is 70.9 cm³/mol. The van der Waals surface area contributed by atoms with Gasteiger partial charge in [-0.05, 0) is 19.9 Å². The van der Waals surface area contributed by atoms with Gasteiger partial charge in [0.1, 0.15) is 4.90 Å². The van der Waals surface area contributed by atoms with E-state index in [0.717, 1.165) is 0 Å². The van der Waals surface area contributed by atoms with Crippen molar-refractivity contribution in [2.24, 2.45) is 5.84 Å². The average molecular weight is 282 g/mol. The third-order valence-corrected chi connectivity index (χ3v) is 3.97. The normalized spacial score (nSPS) is 11.3. The fraction of sp³-hybridized carbons (Fsp3) is 0.200. The summed E-state index contributed by atoms with van der Waals surface area (Å²) in [5.74, 6) is 5.29. The van der Waals surface area contributed by atoms with Crippen LogP contribution in [0.4, 0.5) is 11.4 Å². The summed E-state index contributed by atoms with van der Waals surface area (Å²) in [6.07, 6.45) is 2.67. The second-order valence-electron chi connectivity index (χ2n) is 3.93. The van der Waals surface area contributed by atoms with Crippen LogP contribution in [0.25, 0.3) is 0 Å². The average Bonchev–Trinajstić information content (AvgIpc) is 2.70. The molecular formula is C10H14N6O2S. The molecule has 0 aromatic carbocycles. The first kappa shape index (κ1) is 13.3. The number of aryl methyl sites for hydroxylation is 2. The smallest absolute Gasteiger partial charge is 0.265 e. The first-order chi connectivity index (χ1) is 8.95. The van der Waals surface area contributed by atoms with Crippen LogP contribution in [-0.2, 0) is 10.0 Å². The summed E-state index contributed by atoms with van der Waals surface area (Å²) in [6.45, 7) is 3.43. The summed E-state index contributed by atoms with van der Waals surface area (Å²) in [7, 11) is -3.79. The van der Waals surface area contributed by atoms with E-state index < -0.39 is 10.0 Å². The van der Waals surface area contributed by atoms with Gasteiger partial charge in [0.2, 0.25) is 0 Å². The zero-order valence-electron chi connectivity index (χ0n) is 10.4. The van der Waals surface area contributed by atoms with Gasteiger partial charge in [-0.25, -0.2) is 8.42 Å². The van der Waals surface area contributed by atoms with Crippen LogP contribution in [0.5, 0.6) is 0 Å². The molecule has 0 bridgehead atoms. The first-order valence-corrected chi connectivity index (χ1v) is 6.89. The quantitative estimate of drug-likeness (QED) is 0.478. The van der Waals surface area contributed by atoms with Crippen molar-refractivity contribution in [1.82, 2.24) is 15.2 Å². The van der Waals surface area contributed by atoms with Crippen molar-refractivity contribution in [3.05, 3.63) is 29.8 Å². The summed E-state index contributed by atoms with van der Waals surface area (Å²) in [4.78, 5) is 3.77. The molecule has 0 spiro atoms. The summed E-state index contributed by atoms with van der Waals surface area (Å²) < 4.78 is 27.1. The van der Waals surface area contributed by atoms with Crippen molar-refractivity contribution in [3.8, 4) is 0 Å². The maximum Gasteiger partial charge on any atom is 0.265 e. The number of nitrogens with two attached hydrogens (primary N) is 1. The Morgan fingerprint density at radius 1 is 1.37 bits per heavy atom. The lowest BCUT2D eigenvalue weighted by atomic mass is 10.3. The van der Waals surface area contributed by atoms with Gasteiger partial charge in [-0.3, -0.25) is 20.6 Å². The highest BCUT2D eigenvalue weighted by Crippen LogP contribution is 2.24. The van der Waals surface area contributed by atoms with Crippen molar-refractivity contribution in [3.63, 3.8) is 0 Å². The van der Waals surface area contributed by atoms with Crippen molar-refractivity contribution in [2.75, 3.05) is 10.1 Å². The zero-order valence-corrected chi connectivity index (χ0v) is 11.2. The maximum absolute atomic E-state index is 12.3. The number of nitrogen functional groups attached to an aromatic ring is 1.